The van der Waals surface area contributed by atoms with Crippen LogP contribution in [0.3, 0.4) is 0 Å². The van der Waals surface area contributed by atoms with E-state index in [9.17, 15) is 18.0 Å². The quantitative estimate of drug-likeness (QED) is 0.761. The average molecular weight is 409 g/mol. The standard InChI is InChI=1S/C15H10BrClF3NO2/c16-10-2-1-3-11(7-10)23-8-14(22)21-13-6-9(15(18,19)20)4-5-12(13)17/h1-7H,8H2,(H,21,22). The molecule has 2 aromatic carbocycles. The van der Waals surface area contributed by atoms with E-state index in [2.05, 4.69) is 21.2 Å². The number of carbonyl (C=O) groups excluding carboxylic acids is 1. The van der Waals surface area contributed by atoms with Crippen molar-refractivity contribution in [2.45, 2.75) is 6.18 Å². The van der Waals surface area contributed by atoms with Gasteiger partial charge in [-0.1, -0.05) is 33.6 Å². The van der Waals surface area contributed by atoms with Gasteiger partial charge in [0.1, 0.15) is 5.75 Å². The van der Waals surface area contributed by atoms with Crippen molar-refractivity contribution >= 4 is 39.1 Å². The fourth-order valence-electron chi connectivity index (χ4n) is 1.69. The van der Waals surface area contributed by atoms with Crippen molar-refractivity contribution in [1.82, 2.24) is 0 Å². The number of rotatable bonds is 4. The number of carbonyl (C=O) groups is 1. The third-order valence-electron chi connectivity index (χ3n) is 2.73. The Morgan fingerprint density at radius 2 is 1.96 bits per heavy atom. The van der Waals surface area contributed by atoms with Gasteiger partial charge in [-0.2, -0.15) is 13.2 Å². The van der Waals surface area contributed by atoms with Crippen LogP contribution in [0.15, 0.2) is 46.9 Å². The van der Waals surface area contributed by atoms with Crippen LogP contribution in [-0.2, 0) is 11.0 Å². The summed E-state index contributed by atoms with van der Waals surface area (Å²) < 4.78 is 44.0. The van der Waals surface area contributed by atoms with Crippen LogP contribution < -0.4 is 10.1 Å². The summed E-state index contributed by atoms with van der Waals surface area (Å²) in [6.45, 7) is -0.358. The second-order valence-electron chi connectivity index (χ2n) is 4.49. The minimum Gasteiger partial charge on any atom is -0.484 e. The number of nitrogens with one attached hydrogen (secondary N) is 1. The van der Waals surface area contributed by atoms with Crippen molar-refractivity contribution in [3.63, 3.8) is 0 Å². The third kappa shape index (κ3) is 5.14. The van der Waals surface area contributed by atoms with Gasteiger partial charge in [0.05, 0.1) is 16.3 Å². The van der Waals surface area contributed by atoms with Gasteiger partial charge >= 0.3 is 6.18 Å². The summed E-state index contributed by atoms with van der Waals surface area (Å²) >= 11 is 9.05. The minimum absolute atomic E-state index is 0.00815. The minimum atomic E-state index is -4.52. The van der Waals surface area contributed by atoms with Crippen LogP contribution in [0.2, 0.25) is 5.02 Å². The molecule has 0 spiro atoms. The Labute approximate surface area is 143 Å². The fourth-order valence-corrected chi connectivity index (χ4v) is 2.23. The lowest BCUT2D eigenvalue weighted by Gasteiger charge is -2.12. The van der Waals surface area contributed by atoms with Gasteiger partial charge in [-0.3, -0.25) is 4.79 Å². The summed E-state index contributed by atoms with van der Waals surface area (Å²) in [6.07, 6.45) is -4.52. The van der Waals surface area contributed by atoms with Crippen LogP contribution in [0.4, 0.5) is 18.9 Å². The Hall–Kier alpha value is -1.73. The molecule has 1 N–H and O–H groups in total. The van der Waals surface area contributed by atoms with E-state index in [4.69, 9.17) is 16.3 Å². The molecule has 0 unspecified atom stereocenters. The molecular weight excluding hydrogens is 399 g/mol. The van der Waals surface area contributed by atoms with E-state index in [0.717, 1.165) is 22.7 Å². The predicted molar refractivity (Wildman–Crippen MR) is 84.7 cm³/mol. The van der Waals surface area contributed by atoms with Gasteiger partial charge in [0.25, 0.3) is 5.91 Å². The number of hydrogen-bond acceptors (Lipinski definition) is 2. The number of amides is 1. The van der Waals surface area contributed by atoms with Crippen LogP contribution >= 0.6 is 27.5 Å². The van der Waals surface area contributed by atoms with Crippen molar-refractivity contribution < 1.29 is 22.7 Å². The monoisotopic (exact) mass is 407 g/mol. The van der Waals surface area contributed by atoms with Gasteiger partial charge in [0, 0.05) is 4.47 Å². The van der Waals surface area contributed by atoms with Crippen molar-refractivity contribution in [1.29, 1.82) is 0 Å². The summed E-state index contributed by atoms with van der Waals surface area (Å²) in [7, 11) is 0. The Morgan fingerprint density at radius 1 is 1.22 bits per heavy atom. The Kier molecular flexibility index (Phi) is 5.54. The lowest BCUT2D eigenvalue weighted by molar-refractivity contribution is -0.137. The molecule has 0 fully saturated rings. The molecule has 0 bridgehead atoms. The SMILES string of the molecule is O=C(COc1cccc(Br)c1)Nc1cc(C(F)(F)F)ccc1Cl. The topological polar surface area (TPSA) is 38.3 Å². The second kappa shape index (κ2) is 7.23. The van der Waals surface area contributed by atoms with E-state index in [0.29, 0.717) is 5.75 Å². The molecule has 1 amide bonds. The fraction of sp³-hybridized carbons (Fsp3) is 0.133. The molecule has 8 heteroatoms. The van der Waals surface area contributed by atoms with Crippen molar-refractivity contribution in [2.24, 2.45) is 0 Å². The first-order valence-corrected chi connectivity index (χ1v) is 7.48. The molecule has 0 radical (unpaired) electrons. The highest BCUT2D eigenvalue weighted by molar-refractivity contribution is 9.10. The number of alkyl halides is 3. The normalized spacial score (nSPS) is 11.2. The number of hydrogen-bond donors (Lipinski definition) is 1. The van der Waals surface area contributed by atoms with E-state index < -0.39 is 17.6 Å². The van der Waals surface area contributed by atoms with Crippen molar-refractivity contribution in [2.75, 3.05) is 11.9 Å². The molecule has 0 heterocycles. The molecule has 0 atom stereocenters. The number of halogens is 5. The molecule has 0 aliphatic carbocycles. The summed E-state index contributed by atoms with van der Waals surface area (Å²) in [6, 6.07) is 9.51. The Bertz CT molecular complexity index is 722. The van der Waals surface area contributed by atoms with Gasteiger partial charge < -0.3 is 10.1 Å². The highest BCUT2D eigenvalue weighted by atomic mass is 79.9. The van der Waals surface area contributed by atoms with E-state index in [1.54, 1.807) is 24.3 Å². The highest BCUT2D eigenvalue weighted by Crippen LogP contribution is 2.33. The Morgan fingerprint density at radius 3 is 2.61 bits per heavy atom. The Balaban J connectivity index is 2.02. The molecule has 0 aromatic heterocycles. The lowest BCUT2D eigenvalue weighted by atomic mass is 10.2. The first-order valence-electron chi connectivity index (χ1n) is 6.30. The van der Waals surface area contributed by atoms with E-state index in [1.807, 2.05) is 0 Å². The van der Waals surface area contributed by atoms with E-state index in [-0.39, 0.29) is 17.3 Å². The molecule has 2 rings (SSSR count). The predicted octanol–water partition coefficient (Wildman–Crippen LogP) is 5.14. The third-order valence-corrected chi connectivity index (χ3v) is 3.56. The largest absolute Gasteiger partial charge is 0.484 e. The maximum absolute atomic E-state index is 12.7. The van der Waals surface area contributed by atoms with Gasteiger partial charge in [-0.15, -0.1) is 0 Å². The first-order chi connectivity index (χ1) is 10.8. The molecular formula is C15H10BrClF3NO2. The molecule has 122 valence electrons. The maximum Gasteiger partial charge on any atom is 0.416 e. The van der Waals surface area contributed by atoms with Gasteiger partial charge in [0.2, 0.25) is 0 Å². The van der Waals surface area contributed by atoms with Crippen molar-refractivity contribution in [3.05, 3.63) is 57.5 Å². The first kappa shape index (κ1) is 17.6. The lowest BCUT2D eigenvalue weighted by Crippen LogP contribution is -2.20. The van der Waals surface area contributed by atoms with Crippen LogP contribution in [0, 0.1) is 0 Å². The summed E-state index contributed by atoms with van der Waals surface area (Å²) in [5.41, 5.74) is -1.02. The number of benzene rings is 2. The molecule has 2 aromatic rings. The van der Waals surface area contributed by atoms with Gasteiger partial charge in [0.15, 0.2) is 6.61 Å². The highest BCUT2D eigenvalue weighted by Gasteiger charge is 2.31. The molecule has 0 aliphatic heterocycles. The molecule has 0 aliphatic rings. The maximum atomic E-state index is 12.7. The van der Waals surface area contributed by atoms with Crippen LogP contribution in [0.25, 0.3) is 0 Å². The van der Waals surface area contributed by atoms with E-state index >= 15 is 0 Å². The average Bonchev–Trinajstić information content (AvgIpc) is 2.46. The van der Waals surface area contributed by atoms with Crippen LogP contribution in [0.1, 0.15) is 5.56 Å². The summed E-state index contributed by atoms with van der Waals surface area (Å²) in [5, 5.41) is 2.31. The van der Waals surface area contributed by atoms with Gasteiger partial charge in [-0.05, 0) is 36.4 Å². The van der Waals surface area contributed by atoms with Gasteiger partial charge in [-0.25, -0.2) is 0 Å². The zero-order valence-corrected chi connectivity index (χ0v) is 13.8. The smallest absolute Gasteiger partial charge is 0.416 e. The summed E-state index contributed by atoms with van der Waals surface area (Å²) in [4.78, 5) is 11.8. The number of anilines is 1. The second-order valence-corrected chi connectivity index (χ2v) is 5.81. The van der Waals surface area contributed by atoms with Crippen molar-refractivity contribution in [3.8, 4) is 5.75 Å². The molecule has 3 nitrogen and oxygen atoms in total. The zero-order chi connectivity index (χ0) is 17.0. The van der Waals surface area contributed by atoms with E-state index in [1.165, 1.54) is 0 Å². The molecule has 23 heavy (non-hydrogen) atoms. The molecule has 0 saturated carbocycles. The zero-order valence-electron chi connectivity index (χ0n) is 11.5. The van der Waals surface area contributed by atoms with Crippen LogP contribution in [-0.4, -0.2) is 12.5 Å². The van der Waals surface area contributed by atoms with Crippen LogP contribution in [0.5, 0.6) is 5.75 Å². The molecule has 0 saturated heterocycles. The number of ether oxygens (including phenoxy) is 1. The summed E-state index contributed by atoms with van der Waals surface area (Å²) in [5.74, 6) is -0.170.